The van der Waals surface area contributed by atoms with E-state index in [0.717, 1.165) is 0 Å². The molecule has 3 aromatic rings. The summed E-state index contributed by atoms with van der Waals surface area (Å²) < 4.78 is 11.2. The number of carbonyl (C=O) groups is 2. The molecule has 1 amide bonds. The Hall–Kier alpha value is -4.28. The minimum absolute atomic E-state index is 0.0261. The molecule has 11 nitrogen and oxygen atoms in total. The van der Waals surface area contributed by atoms with E-state index in [1.165, 1.54) is 35.9 Å². The first kappa shape index (κ1) is 20.5. The van der Waals surface area contributed by atoms with E-state index in [1.54, 1.807) is 24.3 Å². The topological polar surface area (TPSA) is 146 Å². The lowest BCUT2D eigenvalue weighted by atomic mass is 10.2. The number of para-hydroxylation sites is 1. The largest absolute Gasteiger partial charge is 0.493 e. The van der Waals surface area contributed by atoms with E-state index in [9.17, 15) is 24.8 Å². The van der Waals surface area contributed by atoms with Crippen LogP contribution in [0.1, 0.15) is 0 Å². The van der Waals surface area contributed by atoms with Gasteiger partial charge in [-0.1, -0.05) is 18.2 Å². The number of ether oxygens (including phenoxy) is 2. The van der Waals surface area contributed by atoms with E-state index >= 15 is 0 Å². The highest BCUT2D eigenvalue weighted by atomic mass is 16.6. The predicted octanol–water partition coefficient (Wildman–Crippen LogP) is 3.12. The zero-order chi connectivity index (χ0) is 21.7. The van der Waals surface area contributed by atoms with Crippen LogP contribution in [0.5, 0.6) is 11.6 Å². The molecule has 0 spiro atoms. The number of esters is 1. The Labute approximate surface area is 169 Å². The number of methoxy groups -OCH3 is 1. The van der Waals surface area contributed by atoms with E-state index in [1.807, 2.05) is 0 Å². The maximum atomic E-state index is 12.0. The zero-order valence-electron chi connectivity index (χ0n) is 15.7. The van der Waals surface area contributed by atoms with Crippen LogP contribution in [0.3, 0.4) is 0 Å². The average molecular weight is 412 g/mol. The smallest absolute Gasteiger partial charge is 0.325 e. The number of aromatic nitrogens is 1. The van der Waals surface area contributed by atoms with Crippen molar-refractivity contribution >= 4 is 34.2 Å². The molecule has 0 radical (unpaired) electrons. The summed E-state index contributed by atoms with van der Waals surface area (Å²) in [6.45, 7) is -0.696. The van der Waals surface area contributed by atoms with Crippen molar-refractivity contribution in [2.24, 2.45) is 10.2 Å². The van der Waals surface area contributed by atoms with Crippen molar-refractivity contribution in [3.8, 4) is 11.6 Å². The van der Waals surface area contributed by atoms with E-state index in [4.69, 9.17) is 4.74 Å². The number of hydrogen-bond acceptors (Lipinski definition) is 8. The van der Waals surface area contributed by atoms with Crippen LogP contribution >= 0.6 is 0 Å². The second-order valence-electron chi connectivity index (χ2n) is 5.99. The fourth-order valence-electron chi connectivity index (χ4n) is 2.67. The van der Waals surface area contributed by atoms with Crippen LogP contribution < -0.4 is 4.74 Å². The monoisotopic (exact) mass is 412 g/mol. The second kappa shape index (κ2) is 8.82. The Morgan fingerprint density at radius 1 is 1.17 bits per heavy atom. The summed E-state index contributed by atoms with van der Waals surface area (Å²) >= 11 is 0. The molecule has 0 bridgehead atoms. The molecule has 3 rings (SSSR count). The maximum Gasteiger partial charge on any atom is 0.325 e. The van der Waals surface area contributed by atoms with Gasteiger partial charge < -0.3 is 14.6 Å². The third-order valence-electron chi connectivity index (χ3n) is 4.10. The highest BCUT2D eigenvalue weighted by Gasteiger charge is 2.19. The van der Waals surface area contributed by atoms with Gasteiger partial charge in [-0.3, -0.25) is 24.3 Å². The predicted molar refractivity (Wildman–Crippen MR) is 104 cm³/mol. The summed E-state index contributed by atoms with van der Waals surface area (Å²) in [5.41, 5.74) is 0.439. The molecule has 30 heavy (non-hydrogen) atoms. The number of nitro benzene ring substituents is 1. The normalized spacial score (nSPS) is 11.0. The van der Waals surface area contributed by atoms with Crippen LogP contribution in [0.25, 0.3) is 10.9 Å². The van der Waals surface area contributed by atoms with Crippen LogP contribution in [0.15, 0.2) is 58.8 Å². The van der Waals surface area contributed by atoms with Gasteiger partial charge in [0.1, 0.15) is 12.3 Å². The van der Waals surface area contributed by atoms with Gasteiger partial charge in [-0.05, 0) is 18.2 Å². The molecule has 0 unspecified atom stereocenters. The van der Waals surface area contributed by atoms with Gasteiger partial charge in [0.25, 0.3) is 5.69 Å². The third kappa shape index (κ3) is 4.41. The molecule has 0 atom stereocenters. The molecule has 0 aliphatic heterocycles. The van der Waals surface area contributed by atoms with Gasteiger partial charge in [-0.15, -0.1) is 10.2 Å². The van der Waals surface area contributed by atoms with Crippen molar-refractivity contribution < 1.29 is 29.1 Å². The van der Waals surface area contributed by atoms with Gasteiger partial charge in [0.2, 0.25) is 5.88 Å². The summed E-state index contributed by atoms with van der Waals surface area (Å²) in [7, 11) is 1.23. The van der Waals surface area contributed by atoms with Crippen molar-refractivity contribution in [3.05, 3.63) is 58.6 Å². The quantitative estimate of drug-likeness (QED) is 0.271. The van der Waals surface area contributed by atoms with Gasteiger partial charge in [-0.2, -0.15) is 0 Å². The van der Waals surface area contributed by atoms with Crippen LogP contribution in [0.4, 0.5) is 11.4 Å². The Bertz CT molecular complexity index is 1140. The lowest BCUT2D eigenvalue weighted by Crippen LogP contribution is -2.10. The fraction of sp³-hybridized carbons (Fsp3) is 0.158. The van der Waals surface area contributed by atoms with Crippen LogP contribution in [-0.2, 0) is 20.9 Å². The summed E-state index contributed by atoms with van der Waals surface area (Å²) in [5.74, 6) is -1.39. The van der Waals surface area contributed by atoms with Gasteiger partial charge in [0, 0.05) is 17.5 Å². The molecule has 11 heteroatoms. The first-order valence-electron chi connectivity index (χ1n) is 8.59. The number of nitro groups is 1. The molecule has 1 N–H and O–H groups in total. The standard InChI is InChI=1S/C19H16N4O7/c1-29-17(25)10-22-15-5-3-2-4-14(15)18(19(22)26)21-20-16(24)11-30-13-8-6-12(7-9-13)23(27)28/h2-9,26H,10-11H2,1H3. The fourth-order valence-corrected chi connectivity index (χ4v) is 2.67. The molecule has 154 valence electrons. The Balaban J connectivity index is 1.75. The summed E-state index contributed by atoms with van der Waals surface area (Å²) in [4.78, 5) is 33.7. The lowest BCUT2D eigenvalue weighted by molar-refractivity contribution is -0.384. The second-order valence-corrected chi connectivity index (χ2v) is 5.99. The summed E-state index contributed by atoms with van der Waals surface area (Å²) in [6, 6.07) is 12.0. The number of hydrogen-bond donors (Lipinski definition) is 1. The first-order valence-corrected chi connectivity index (χ1v) is 8.59. The maximum absolute atomic E-state index is 12.0. The van der Waals surface area contributed by atoms with Crippen molar-refractivity contribution in [1.82, 2.24) is 4.57 Å². The number of non-ortho nitro benzene ring substituents is 1. The van der Waals surface area contributed by atoms with Crippen LogP contribution in [-0.4, -0.2) is 40.2 Å². The van der Waals surface area contributed by atoms with Gasteiger partial charge in [0.05, 0.1) is 17.5 Å². The average Bonchev–Trinajstić information content (AvgIpc) is 3.02. The molecule has 1 aromatic heterocycles. The van der Waals surface area contributed by atoms with Crippen molar-refractivity contribution in [2.45, 2.75) is 6.54 Å². The summed E-state index contributed by atoms with van der Waals surface area (Å²) in [5, 5.41) is 28.9. The third-order valence-corrected chi connectivity index (χ3v) is 4.10. The highest BCUT2D eigenvalue weighted by molar-refractivity contribution is 5.96. The zero-order valence-corrected chi connectivity index (χ0v) is 15.7. The molecular formula is C19H16N4O7. The van der Waals surface area contributed by atoms with E-state index in [-0.39, 0.29) is 29.5 Å². The number of benzene rings is 2. The van der Waals surface area contributed by atoms with E-state index in [0.29, 0.717) is 10.9 Å². The Morgan fingerprint density at radius 3 is 2.53 bits per heavy atom. The molecule has 0 fully saturated rings. The minimum atomic E-state index is -0.738. The van der Waals surface area contributed by atoms with E-state index in [2.05, 4.69) is 15.0 Å². The molecule has 0 aliphatic rings. The number of rotatable bonds is 7. The highest BCUT2D eigenvalue weighted by Crippen LogP contribution is 2.38. The molecule has 0 aliphatic carbocycles. The lowest BCUT2D eigenvalue weighted by Gasteiger charge is -2.04. The SMILES string of the molecule is COC(=O)Cn1c(O)c(N=NC(=O)COc2ccc([N+](=O)[O-])cc2)c2ccccc21. The summed E-state index contributed by atoms with van der Waals surface area (Å²) in [6.07, 6.45) is 0. The van der Waals surface area contributed by atoms with Crippen LogP contribution in [0.2, 0.25) is 0 Å². The van der Waals surface area contributed by atoms with Crippen molar-refractivity contribution in [3.63, 3.8) is 0 Å². The Kier molecular flexibility index (Phi) is 6.01. The minimum Gasteiger partial charge on any atom is -0.493 e. The van der Waals surface area contributed by atoms with Gasteiger partial charge in [-0.25, -0.2) is 0 Å². The van der Waals surface area contributed by atoms with Crippen molar-refractivity contribution in [2.75, 3.05) is 13.7 Å². The van der Waals surface area contributed by atoms with E-state index < -0.39 is 23.4 Å². The number of aromatic hydroxyl groups is 1. The Morgan fingerprint density at radius 2 is 1.87 bits per heavy atom. The molecule has 2 aromatic carbocycles. The molecular weight excluding hydrogens is 396 g/mol. The number of amides is 1. The van der Waals surface area contributed by atoms with Crippen LogP contribution in [0, 0.1) is 10.1 Å². The number of nitrogens with zero attached hydrogens (tertiary/aromatic N) is 4. The molecule has 0 saturated carbocycles. The first-order chi connectivity index (χ1) is 14.4. The van der Waals surface area contributed by atoms with Gasteiger partial charge >= 0.3 is 11.9 Å². The number of carbonyl (C=O) groups excluding carboxylic acids is 2. The number of azo groups is 1. The molecule has 1 heterocycles. The van der Waals surface area contributed by atoms with Crippen molar-refractivity contribution in [1.29, 1.82) is 0 Å². The van der Waals surface area contributed by atoms with Gasteiger partial charge in [0.15, 0.2) is 12.3 Å². The molecule has 0 saturated heterocycles. The number of fused-ring (bicyclic) bond motifs is 1.